The van der Waals surface area contributed by atoms with Gasteiger partial charge in [-0.3, -0.25) is 9.69 Å². The van der Waals surface area contributed by atoms with Crippen LogP contribution in [0, 0.1) is 0 Å². The quantitative estimate of drug-likeness (QED) is 0.579. The highest BCUT2D eigenvalue weighted by Crippen LogP contribution is 2.26. The van der Waals surface area contributed by atoms with Crippen LogP contribution in [-0.2, 0) is 11.3 Å². The molecule has 154 valence electrons. The molecule has 0 aliphatic carbocycles. The molecule has 0 saturated carbocycles. The van der Waals surface area contributed by atoms with Crippen LogP contribution in [0.1, 0.15) is 57.5 Å². The Hall–Kier alpha value is -1.86. The van der Waals surface area contributed by atoms with Crippen molar-refractivity contribution < 1.29 is 4.79 Å². The van der Waals surface area contributed by atoms with Gasteiger partial charge < -0.3 is 9.88 Å². The minimum atomic E-state index is 0.0502. The molecular weight excluding hydrogens is 370 g/mol. The van der Waals surface area contributed by atoms with E-state index in [9.17, 15) is 4.79 Å². The predicted octanol–water partition coefficient (Wildman–Crippen LogP) is 3.74. The lowest BCUT2D eigenvalue weighted by molar-refractivity contribution is -0.119. The maximum atomic E-state index is 12.3. The molecule has 0 radical (unpaired) electrons. The monoisotopic (exact) mass is 403 g/mol. The summed E-state index contributed by atoms with van der Waals surface area (Å²) in [5.41, 5.74) is 1.19. The number of nitrogens with zero attached hydrogens (tertiary/aromatic N) is 4. The summed E-state index contributed by atoms with van der Waals surface area (Å²) in [6, 6.07) is 10.7. The zero-order valence-electron chi connectivity index (χ0n) is 17.7. The molecule has 0 bridgehead atoms. The molecule has 0 aliphatic rings. The largest absolute Gasteiger partial charge is 0.353 e. The molecular formula is C21H33N5OS. The van der Waals surface area contributed by atoms with Crippen LogP contribution in [0.4, 0.5) is 0 Å². The Morgan fingerprint density at radius 3 is 2.36 bits per heavy atom. The third-order valence-electron chi connectivity index (χ3n) is 4.92. The van der Waals surface area contributed by atoms with E-state index in [0.717, 1.165) is 30.2 Å². The fraction of sp³-hybridized carbons (Fsp3) is 0.571. The van der Waals surface area contributed by atoms with Gasteiger partial charge in [0.05, 0.1) is 18.3 Å². The second-order valence-electron chi connectivity index (χ2n) is 7.17. The maximum absolute atomic E-state index is 12.3. The van der Waals surface area contributed by atoms with E-state index < -0.39 is 0 Å². The van der Waals surface area contributed by atoms with Crippen LogP contribution in [0.15, 0.2) is 35.5 Å². The topological polar surface area (TPSA) is 63.1 Å². The van der Waals surface area contributed by atoms with Crippen molar-refractivity contribution in [3.63, 3.8) is 0 Å². The number of benzene rings is 1. The van der Waals surface area contributed by atoms with E-state index in [1.807, 2.05) is 18.2 Å². The molecule has 0 unspecified atom stereocenters. The smallest absolute Gasteiger partial charge is 0.230 e. The fourth-order valence-electron chi connectivity index (χ4n) is 3.24. The molecule has 7 heteroatoms. The Labute approximate surface area is 173 Å². The number of thioether (sulfide) groups is 1. The van der Waals surface area contributed by atoms with E-state index in [4.69, 9.17) is 0 Å². The van der Waals surface area contributed by atoms with Crippen LogP contribution < -0.4 is 5.32 Å². The van der Waals surface area contributed by atoms with Gasteiger partial charge in [0.1, 0.15) is 0 Å². The first kappa shape index (κ1) is 22.4. The first-order valence-corrected chi connectivity index (χ1v) is 11.0. The molecule has 0 aliphatic heterocycles. The van der Waals surface area contributed by atoms with Crippen molar-refractivity contribution in [3.8, 4) is 0 Å². The molecule has 6 nitrogen and oxygen atoms in total. The summed E-state index contributed by atoms with van der Waals surface area (Å²) >= 11 is 1.46. The van der Waals surface area contributed by atoms with Gasteiger partial charge in [-0.1, -0.05) is 62.9 Å². The Balaban J connectivity index is 2.21. The first-order valence-electron chi connectivity index (χ1n) is 10.1. The minimum absolute atomic E-state index is 0.0502. The summed E-state index contributed by atoms with van der Waals surface area (Å²) in [6.45, 7) is 7.04. The summed E-state index contributed by atoms with van der Waals surface area (Å²) in [4.78, 5) is 14.5. The lowest BCUT2D eigenvalue weighted by atomic mass is 10.2. The van der Waals surface area contributed by atoms with Crippen molar-refractivity contribution in [2.24, 2.45) is 0 Å². The van der Waals surface area contributed by atoms with Gasteiger partial charge in [-0.15, -0.1) is 10.2 Å². The minimum Gasteiger partial charge on any atom is -0.353 e. The summed E-state index contributed by atoms with van der Waals surface area (Å²) in [7, 11) is 4.12. The molecule has 1 aromatic heterocycles. The van der Waals surface area contributed by atoms with E-state index >= 15 is 0 Å². The summed E-state index contributed by atoms with van der Waals surface area (Å²) in [5, 5.41) is 12.8. The van der Waals surface area contributed by atoms with Crippen molar-refractivity contribution >= 4 is 17.7 Å². The van der Waals surface area contributed by atoms with E-state index in [-0.39, 0.29) is 18.0 Å². The number of nitrogens with one attached hydrogen (secondary N) is 1. The van der Waals surface area contributed by atoms with E-state index in [1.54, 1.807) is 0 Å². The average Bonchev–Trinajstić information content (AvgIpc) is 3.08. The molecule has 2 aromatic rings. The number of rotatable bonds is 11. The molecule has 0 spiro atoms. The lowest BCUT2D eigenvalue weighted by Gasteiger charge is -2.23. The van der Waals surface area contributed by atoms with Gasteiger partial charge in [-0.05, 0) is 38.9 Å². The second-order valence-corrected chi connectivity index (χ2v) is 8.11. The van der Waals surface area contributed by atoms with Gasteiger partial charge in [-0.25, -0.2) is 0 Å². The standard InChI is InChI=1S/C21H33N5OS/c1-6-17(7-2)22-19(27)15-28-21-24-23-20(18(8-3)25(4)5)26(21)14-16-12-10-9-11-13-16/h9-13,17-18H,6-8,14-15H2,1-5H3,(H,22,27)/t18-/m1/s1. The van der Waals surface area contributed by atoms with Crippen molar-refractivity contribution in [1.29, 1.82) is 0 Å². The lowest BCUT2D eigenvalue weighted by Crippen LogP contribution is -2.35. The fourth-order valence-corrected chi connectivity index (χ4v) is 3.99. The van der Waals surface area contributed by atoms with Gasteiger partial charge >= 0.3 is 0 Å². The van der Waals surface area contributed by atoms with Crippen LogP contribution >= 0.6 is 11.8 Å². The Morgan fingerprint density at radius 2 is 1.79 bits per heavy atom. The number of aromatic nitrogens is 3. The normalized spacial score (nSPS) is 12.5. The number of carbonyl (C=O) groups is 1. The summed E-state index contributed by atoms with van der Waals surface area (Å²) in [5.74, 6) is 1.34. The third kappa shape index (κ3) is 6.07. The molecule has 1 amide bonds. The van der Waals surface area contributed by atoms with Gasteiger partial charge in [0.25, 0.3) is 0 Å². The molecule has 0 fully saturated rings. The average molecular weight is 404 g/mol. The van der Waals surface area contributed by atoms with E-state index in [0.29, 0.717) is 12.3 Å². The molecule has 1 N–H and O–H groups in total. The molecule has 0 saturated heterocycles. The van der Waals surface area contributed by atoms with Crippen LogP contribution in [0.5, 0.6) is 0 Å². The third-order valence-corrected chi connectivity index (χ3v) is 5.89. The maximum Gasteiger partial charge on any atom is 0.230 e. The Kier molecular flexibility index (Phi) is 8.99. The SMILES string of the molecule is CCC(CC)NC(=O)CSc1nnc([C@@H](CC)N(C)C)n1Cc1ccccc1. The highest BCUT2D eigenvalue weighted by molar-refractivity contribution is 7.99. The summed E-state index contributed by atoms with van der Waals surface area (Å²) in [6.07, 6.45) is 2.84. The van der Waals surface area contributed by atoms with Crippen molar-refractivity contribution in [3.05, 3.63) is 41.7 Å². The zero-order chi connectivity index (χ0) is 20.5. The zero-order valence-corrected chi connectivity index (χ0v) is 18.5. The van der Waals surface area contributed by atoms with Gasteiger partial charge in [0.2, 0.25) is 5.91 Å². The summed E-state index contributed by atoms with van der Waals surface area (Å²) < 4.78 is 2.15. The highest BCUT2D eigenvalue weighted by atomic mass is 32.2. The number of hydrogen-bond acceptors (Lipinski definition) is 5. The van der Waals surface area contributed by atoms with Crippen LogP contribution in [0.3, 0.4) is 0 Å². The van der Waals surface area contributed by atoms with Gasteiger partial charge in [0.15, 0.2) is 11.0 Å². The molecule has 2 rings (SSSR count). The molecule has 1 atom stereocenters. The molecule has 28 heavy (non-hydrogen) atoms. The number of hydrogen-bond donors (Lipinski definition) is 1. The number of carbonyl (C=O) groups excluding carboxylic acids is 1. The van der Waals surface area contributed by atoms with Crippen molar-refractivity contribution in [2.45, 2.75) is 63.8 Å². The highest BCUT2D eigenvalue weighted by Gasteiger charge is 2.22. The van der Waals surface area contributed by atoms with Crippen molar-refractivity contribution in [1.82, 2.24) is 25.0 Å². The van der Waals surface area contributed by atoms with Gasteiger partial charge in [-0.2, -0.15) is 0 Å². The van der Waals surface area contributed by atoms with Crippen LogP contribution in [0.25, 0.3) is 0 Å². The van der Waals surface area contributed by atoms with Crippen LogP contribution in [-0.4, -0.2) is 51.5 Å². The predicted molar refractivity (Wildman–Crippen MR) is 116 cm³/mol. The Morgan fingerprint density at radius 1 is 1.11 bits per heavy atom. The molecule has 1 aromatic carbocycles. The Bertz CT molecular complexity index is 728. The second kappa shape index (κ2) is 11.2. The van der Waals surface area contributed by atoms with Gasteiger partial charge in [0, 0.05) is 6.04 Å². The van der Waals surface area contributed by atoms with Crippen LogP contribution in [0.2, 0.25) is 0 Å². The van der Waals surface area contributed by atoms with E-state index in [2.05, 4.69) is 72.0 Å². The number of amides is 1. The van der Waals surface area contributed by atoms with Crippen molar-refractivity contribution in [2.75, 3.05) is 19.8 Å². The molecule has 1 heterocycles. The van der Waals surface area contributed by atoms with E-state index in [1.165, 1.54) is 17.3 Å². The first-order chi connectivity index (χ1) is 13.5.